The van der Waals surface area contributed by atoms with E-state index in [2.05, 4.69) is 122 Å². The molecule has 33 heavy (non-hydrogen) atoms. The molecular formula is C32H27N. The highest BCUT2D eigenvalue weighted by molar-refractivity contribution is 5.87. The molecule has 2 aliphatic carbocycles. The van der Waals surface area contributed by atoms with E-state index in [1.807, 2.05) is 12.1 Å². The minimum Gasteiger partial charge on any atom is -0.398 e. The molecule has 4 aromatic carbocycles. The summed E-state index contributed by atoms with van der Waals surface area (Å²) in [5, 5.41) is 0. The first-order chi connectivity index (χ1) is 16.2. The zero-order valence-electron chi connectivity index (χ0n) is 18.8. The first-order valence-electron chi connectivity index (χ1n) is 11.6. The smallest absolute Gasteiger partial charge is 0.0528 e. The minimum atomic E-state index is -0.298. The van der Waals surface area contributed by atoms with E-state index in [-0.39, 0.29) is 16.7 Å². The Kier molecular flexibility index (Phi) is 4.41. The Morgan fingerprint density at radius 2 is 1.18 bits per heavy atom. The summed E-state index contributed by atoms with van der Waals surface area (Å²) in [6.45, 7) is 2.41. The minimum absolute atomic E-state index is 0.201. The van der Waals surface area contributed by atoms with Crippen LogP contribution in [0, 0.1) is 5.92 Å². The van der Waals surface area contributed by atoms with Gasteiger partial charge in [0.05, 0.1) is 5.41 Å². The third-order valence-electron chi connectivity index (χ3n) is 7.84. The molecule has 0 saturated carbocycles. The van der Waals surface area contributed by atoms with E-state index in [0.29, 0.717) is 0 Å². The van der Waals surface area contributed by atoms with Crippen LogP contribution in [0.1, 0.15) is 34.7 Å². The summed E-state index contributed by atoms with van der Waals surface area (Å²) in [7, 11) is 0. The number of benzene rings is 4. The highest BCUT2D eigenvalue weighted by atomic mass is 14.6. The molecule has 0 fully saturated rings. The second-order valence-electron chi connectivity index (χ2n) is 9.32. The summed E-state index contributed by atoms with van der Waals surface area (Å²) < 4.78 is 0. The maximum absolute atomic E-state index is 6.54. The second kappa shape index (κ2) is 7.35. The van der Waals surface area contributed by atoms with Crippen molar-refractivity contribution in [3.8, 4) is 0 Å². The quantitative estimate of drug-likeness (QED) is 0.347. The van der Waals surface area contributed by atoms with Crippen molar-refractivity contribution in [2.45, 2.75) is 17.8 Å². The van der Waals surface area contributed by atoms with Gasteiger partial charge in [-0.2, -0.15) is 0 Å². The van der Waals surface area contributed by atoms with E-state index in [4.69, 9.17) is 5.73 Å². The van der Waals surface area contributed by atoms with Crippen LogP contribution in [0.15, 0.2) is 127 Å². The lowest BCUT2D eigenvalue weighted by Crippen LogP contribution is -2.41. The van der Waals surface area contributed by atoms with E-state index in [1.165, 1.54) is 27.8 Å². The van der Waals surface area contributed by atoms with Gasteiger partial charge in [0.15, 0.2) is 0 Å². The van der Waals surface area contributed by atoms with Crippen LogP contribution in [-0.4, -0.2) is 0 Å². The third-order valence-corrected chi connectivity index (χ3v) is 7.84. The van der Waals surface area contributed by atoms with Crippen molar-refractivity contribution in [3.05, 3.63) is 155 Å². The van der Waals surface area contributed by atoms with E-state index >= 15 is 0 Å². The lowest BCUT2D eigenvalue weighted by molar-refractivity contribution is 0.377. The van der Waals surface area contributed by atoms with E-state index in [1.54, 1.807) is 0 Å². The number of hydrogen-bond acceptors (Lipinski definition) is 1. The predicted octanol–water partition coefficient (Wildman–Crippen LogP) is 7.14. The first-order valence-corrected chi connectivity index (χ1v) is 11.6. The topological polar surface area (TPSA) is 26.0 Å². The molecule has 1 heteroatoms. The summed E-state index contributed by atoms with van der Waals surface area (Å²) in [4.78, 5) is 0. The fourth-order valence-electron chi connectivity index (χ4n) is 6.48. The molecule has 2 N–H and O–H groups in total. The summed E-state index contributed by atoms with van der Waals surface area (Å²) in [5.74, 6) is 0.201. The van der Waals surface area contributed by atoms with Gasteiger partial charge in [-0.25, -0.2) is 0 Å². The van der Waals surface area contributed by atoms with Gasteiger partial charge in [-0.15, -0.1) is 0 Å². The normalized spacial score (nSPS) is 22.3. The number of nitrogen functional groups attached to an aromatic ring is 1. The Balaban J connectivity index is 1.72. The summed E-state index contributed by atoms with van der Waals surface area (Å²) in [6.07, 6.45) is 6.92. The molecule has 2 atom stereocenters. The van der Waals surface area contributed by atoms with Crippen molar-refractivity contribution in [1.29, 1.82) is 0 Å². The largest absolute Gasteiger partial charge is 0.398 e. The molecule has 0 spiro atoms. The van der Waals surface area contributed by atoms with Crippen molar-refractivity contribution in [1.82, 2.24) is 0 Å². The third kappa shape index (κ3) is 2.60. The van der Waals surface area contributed by atoms with Crippen LogP contribution in [0.4, 0.5) is 5.69 Å². The molecule has 160 valence electrons. The molecule has 0 saturated heterocycles. The molecule has 0 aliphatic heterocycles. The summed E-state index contributed by atoms with van der Waals surface area (Å²) in [5.41, 5.74) is 14.6. The SMILES string of the molecule is CC12C(c3ccccc3N)=CC=CC1C(c1ccccc1)(c1ccccc1)c1ccccc12. The maximum Gasteiger partial charge on any atom is 0.0528 e. The molecule has 2 aliphatic rings. The molecular weight excluding hydrogens is 398 g/mol. The van der Waals surface area contributed by atoms with Crippen LogP contribution in [-0.2, 0) is 10.8 Å². The maximum atomic E-state index is 6.54. The molecule has 0 amide bonds. The predicted molar refractivity (Wildman–Crippen MR) is 138 cm³/mol. The molecule has 0 bridgehead atoms. The van der Waals surface area contributed by atoms with Crippen molar-refractivity contribution in [2.24, 2.45) is 5.92 Å². The van der Waals surface area contributed by atoms with Gasteiger partial charge >= 0.3 is 0 Å². The van der Waals surface area contributed by atoms with Gasteiger partial charge in [-0.05, 0) is 33.9 Å². The van der Waals surface area contributed by atoms with Gasteiger partial charge in [-0.1, -0.05) is 128 Å². The van der Waals surface area contributed by atoms with Crippen LogP contribution in [0.25, 0.3) is 5.57 Å². The van der Waals surface area contributed by atoms with E-state index < -0.39 is 0 Å². The van der Waals surface area contributed by atoms with Crippen molar-refractivity contribution < 1.29 is 0 Å². The van der Waals surface area contributed by atoms with Gasteiger partial charge in [0.1, 0.15) is 0 Å². The number of anilines is 1. The summed E-state index contributed by atoms with van der Waals surface area (Å²) >= 11 is 0. The van der Waals surface area contributed by atoms with Gasteiger partial charge in [0, 0.05) is 22.6 Å². The Bertz CT molecular complexity index is 1340. The molecule has 4 aromatic rings. The van der Waals surface area contributed by atoms with E-state index in [9.17, 15) is 0 Å². The molecule has 0 heterocycles. The molecule has 6 rings (SSSR count). The fourth-order valence-corrected chi connectivity index (χ4v) is 6.48. The van der Waals surface area contributed by atoms with E-state index in [0.717, 1.165) is 11.3 Å². The van der Waals surface area contributed by atoms with Gasteiger partial charge in [-0.3, -0.25) is 0 Å². The average Bonchev–Trinajstić information content (AvgIpc) is 3.12. The van der Waals surface area contributed by atoms with Crippen molar-refractivity contribution in [3.63, 3.8) is 0 Å². The Labute approximate surface area is 195 Å². The average molecular weight is 426 g/mol. The van der Waals surface area contributed by atoms with Crippen LogP contribution >= 0.6 is 0 Å². The lowest BCUT2D eigenvalue weighted by atomic mass is 9.57. The van der Waals surface area contributed by atoms with Crippen LogP contribution in [0.3, 0.4) is 0 Å². The van der Waals surface area contributed by atoms with Crippen LogP contribution in [0.2, 0.25) is 0 Å². The number of para-hydroxylation sites is 1. The van der Waals surface area contributed by atoms with Crippen LogP contribution in [0.5, 0.6) is 0 Å². The summed E-state index contributed by atoms with van der Waals surface area (Å²) in [6, 6.07) is 39.3. The second-order valence-corrected chi connectivity index (χ2v) is 9.32. The highest BCUT2D eigenvalue weighted by Gasteiger charge is 2.60. The molecule has 0 aromatic heterocycles. The molecule has 2 unspecified atom stereocenters. The number of nitrogens with two attached hydrogens (primary N) is 1. The number of rotatable bonds is 3. The van der Waals surface area contributed by atoms with Crippen molar-refractivity contribution >= 4 is 11.3 Å². The van der Waals surface area contributed by atoms with Crippen LogP contribution < -0.4 is 5.73 Å². The lowest BCUT2D eigenvalue weighted by Gasteiger charge is -2.44. The van der Waals surface area contributed by atoms with Gasteiger partial charge < -0.3 is 5.73 Å². The first kappa shape index (κ1) is 19.8. The number of hydrogen-bond donors (Lipinski definition) is 1. The van der Waals surface area contributed by atoms with Crippen molar-refractivity contribution in [2.75, 3.05) is 5.73 Å². The fraction of sp³-hybridized carbons (Fsp3) is 0.125. The standard InChI is InChI=1S/C32H27N/c1-31-26(25-17-8-11-21-29(25)33)20-12-22-30(31)32(23-13-4-2-5-14-23,24-15-6-3-7-16-24)28-19-10-9-18-27(28)31/h2-22,30H,33H2,1H3. The Hall–Kier alpha value is -3.84. The Morgan fingerprint density at radius 3 is 1.82 bits per heavy atom. The monoisotopic (exact) mass is 425 g/mol. The zero-order chi connectivity index (χ0) is 22.5. The molecule has 0 radical (unpaired) electrons. The van der Waals surface area contributed by atoms with Gasteiger partial charge in [0.25, 0.3) is 0 Å². The Morgan fingerprint density at radius 1 is 0.636 bits per heavy atom. The number of allylic oxidation sites excluding steroid dienone is 4. The zero-order valence-corrected chi connectivity index (χ0v) is 18.8. The number of fused-ring (bicyclic) bond motifs is 3. The molecule has 1 nitrogen and oxygen atoms in total. The van der Waals surface area contributed by atoms with Gasteiger partial charge in [0.2, 0.25) is 0 Å². The highest BCUT2D eigenvalue weighted by Crippen LogP contribution is 2.65.